The van der Waals surface area contributed by atoms with Gasteiger partial charge in [0.2, 0.25) is 0 Å². The smallest absolute Gasteiger partial charge is 0.410 e. The van der Waals surface area contributed by atoms with Gasteiger partial charge in [-0.3, -0.25) is 0 Å². The summed E-state index contributed by atoms with van der Waals surface area (Å²) in [5.74, 6) is 0. The van der Waals surface area contributed by atoms with Crippen molar-refractivity contribution < 1.29 is 19.1 Å². The predicted octanol–water partition coefficient (Wildman–Crippen LogP) is 0.714. The lowest BCUT2D eigenvalue weighted by atomic mass is 10.2. The summed E-state index contributed by atoms with van der Waals surface area (Å²) in [6.07, 6.45) is -1.00. The molecule has 0 unspecified atom stereocenters. The van der Waals surface area contributed by atoms with Crippen molar-refractivity contribution in [3.63, 3.8) is 0 Å². The minimum Gasteiger partial charge on any atom is -0.444 e. The normalized spacial score (nSPS) is 28.4. The number of ether oxygens (including phenoxy) is 2. The molecule has 0 radical (unpaired) electrons. The summed E-state index contributed by atoms with van der Waals surface area (Å²) in [5, 5.41) is 2.65. The summed E-state index contributed by atoms with van der Waals surface area (Å²) in [6.45, 7) is 6.31. The number of fused-ring (bicyclic) bond motifs is 1. The molecule has 0 aliphatic carbocycles. The topological polar surface area (TPSA) is 67.9 Å². The first-order valence-corrected chi connectivity index (χ1v) is 5.30. The number of hydrogen-bond acceptors (Lipinski definition) is 4. The van der Waals surface area contributed by atoms with E-state index in [0.717, 1.165) is 0 Å². The van der Waals surface area contributed by atoms with Gasteiger partial charge in [-0.25, -0.2) is 9.59 Å². The van der Waals surface area contributed by atoms with Gasteiger partial charge < -0.3 is 19.7 Å². The third kappa shape index (κ3) is 2.20. The number of nitrogens with one attached hydrogen (secondary N) is 1. The first-order valence-electron chi connectivity index (χ1n) is 5.30. The summed E-state index contributed by atoms with van der Waals surface area (Å²) in [6, 6.07) is -0.0972. The lowest BCUT2D eigenvalue weighted by Crippen LogP contribution is -2.38. The Bertz CT molecular complexity index is 307. The third-order valence-corrected chi connectivity index (χ3v) is 2.48. The maximum Gasteiger partial charge on any atom is 0.410 e. The summed E-state index contributed by atoms with van der Waals surface area (Å²) >= 11 is 0. The van der Waals surface area contributed by atoms with Gasteiger partial charge in [0, 0.05) is 6.54 Å². The van der Waals surface area contributed by atoms with Gasteiger partial charge in [-0.1, -0.05) is 0 Å². The summed E-state index contributed by atoms with van der Waals surface area (Å²) in [7, 11) is 0. The molecular formula is C10H16N2O4. The van der Waals surface area contributed by atoms with E-state index >= 15 is 0 Å². The molecule has 6 nitrogen and oxygen atoms in total. The van der Waals surface area contributed by atoms with Crippen molar-refractivity contribution in [3.05, 3.63) is 0 Å². The number of nitrogens with zero attached hydrogens (tertiary/aromatic N) is 1. The van der Waals surface area contributed by atoms with Crippen LogP contribution < -0.4 is 5.32 Å². The average molecular weight is 228 g/mol. The molecule has 0 bridgehead atoms. The second-order valence-corrected chi connectivity index (χ2v) is 5.08. The second-order valence-electron chi connectivity index (χ2n) is 5.08. The zero-order chi connectivity index (χ0) is 11.9. The van der Waals surface area contributed by atoms with Crippen LogP contribution >= 0.6 is 0 Å². The Hall–Kier alpha value is -1.46. The van der Waals surface area contributed by atoms with Crippen LogP contribution in [0.15, 0.2) is 0 Å². The largest absolute Gasteiger partial charge is 0.444 e. The van der Waals surface area contributed by atoms with Crippen LogP contribution in [-0.2, 0) is 9.47 Å². The lowest BCUT2D eigenvalue weighted by Gasteiger charge is -2.24. The van der Waals surface area contributed by atoms with E-state index in [1.54, 1.807) is 4.90 Å². The molecule has 0 aromatic carbocycles. The van der Waals surface area contributed by atoms with Crippen molar-refractivity contribution in [1.29, 1.82) is 0 Å². The molecule has 6 heteroatoms. The molecule has 0 aromatic heterocycles. The van der Waals surface area contributed by atoms with Crippen molar-refractivity contribution in [2.75, 3.05) is 13.1 Å². The quantitative estimate of drug-likeness (QED) is 0.663. The van der Waals surface area contributed by atoms with Crippen molar-refractivity contribution in [3.8, 4) is 0 Å². The van der Waals surface area contributed by atoms with Crippen LogP contribution in [0.25, 0.3) is 0 Å². The molecule has 90 valence electrons. The van der Waals surface area contributed by atoms with E-state index in [4.69, 9.17) is 9.47 Å². The van der Waals surface area contributed by atoms with E-state index in [0.29, 0.717) is 13.1 Å². The lowest BCUT2D eigenvalue weighted by molar-refractivity contribution is 0.0259. The fraction of sp³-hybridized carbons (Fsp3) is 0.800. The zero-order valence-corrected chi connectivity index (χ0v) is 9.65. The van der Waals surface area contributed by atoms with E-state index in [1.807, 2.05) is 20.8 Å². The minimum atomic E-state index is -0.501. The van der Waals surface area contributed by atoms with Gasteiger partial charge in [-0.15, -0.1) is 0 Å². The first-order chi connectivity index (χ1) is 7.35. The highest BCUT2D eigenvalue weighted by Gasteiger charge is 2.44. The van der Waals surface area contributed by atoms with Gasteiger partial charge in [-0.05, 0) is 20.8 Å². The molecule has 2 atom stereocenters. The van der Waals surface area contributed by atoms with Gasteiger partial charge in [0.05, 0.1) is 12.6 Å². The zero-order valence-electron chi connectivity index (χ0n) is 9.65. The van der Waals surface area contributed by atoms with Crippen molar-refractivity contribution in [1.82, 2.24) is 10.2 Å². The van der Waals surface area contributed by atoms with E-state index in [-0.39, 0.29) is 18.2 Å². The number of carbonyl (C=O) groups excluding carboxylic acids is 2. The van der Waals surface area contributed by atoms with Gasteiger partial charge in [0.25, 0.3) is 0 Å². The number of rotatable bonds is 0. The monoisotopic (exact) mass is 228 g/mol. The Morgan fingerprint density at radius 1 is 1.50 bits per heavy atom. The third-order valence-electron chi connectivity index (χ3n) is 2.48. The van der Waals surface area contributed by atoms with Gasteiger partial charge in [-0.2, -0.15) is 0 Å². The van der Waals surface area contributed by atoms with E-state index < -0.39 is 11.7 Å². The van der Waals surface area contributed by atoms with E-state index in [1.165, 1.54) is 0 Å². The van der Waals surface area contributed by atoms with Crippen LogP contribution in [0.2, 0.25) is 0 Å². The molecule has 2 rings (SSSR count). The van der Waals surface area contributed by atoms with Crippen LogP contribution in [0.1, 0.15) is 20.8 Å². The Morgan fingerprint density at radius 3 is 2.75 bits per heavy atom. The predicted molar refractivity (Wildman–Crippen MR) is 55.0 cm³/mol. The number of hydrogen-bond donors (Lipinski definition) is 1. The van der Waals surface area contributed by atoms with Gasteiger partial charge in [0.15, 0.2) is 0 Å². The van der Waals surface area contributed by atoms with Crippen LogP contribution in [0.5, 0.6) is 0 Å². The summed E-state index contributed by atoms with van der Waals surface area (Å²) in [5.41, 5.74) is -0.501. The number of carbonyl (C=O) groups is 2. The van der Waals surface area contributed by atoms with Crippen LogP contribution in [-0.4, -0.2) is 47.9 Å². The standard InChI is InChI=1S/C10H16N2O4/c1-10(2,3)16-9(14)12-4-6-7(5-12)15-8(13)11-6/h6-7H,4-5H2,1-3H3,(H,11,13)/t6-,7-/m0/s1. The highest BCUT2D eigenvalue weighted by molar-refractivity contribution is 5.73. The maximum atomic E-state index is 11.7. The van der Waals surface area contributed by atoms with E-state index in [2.05, 4.69) is 5.32 Å². The molecule has 2 aliphatic rings. The number of likely N-dealkylation sites (tertiary alicyclic amines) is 1. The average Bonchev–Trinajstić information content (AvgIpc) is 2.56. The molecule has 0 spiro atoms. The van der Waals surface area contributed by atoms with E-state index in [9.17, 15) is 9.59 Å². The molecular weight excluding hydrogens is 212 g/mol. The van der Waals surface area contributed by atoms with Gasteiger partial charge >= 0.3 is 12.2 Å². The highest BCUT2D eigenvalue weighted by Crippen LogP contribution is 2.21. The molecule has 0 saturated carbocycles. The summed E-state index contributed by atoms with van der Waals surface area (Å²) < 4.78 is 10.2. The number of alkyl carbamates (subject to hydrolysis) is 1. The second kappa shape index (κ2) is 3.54. The van der Waals surface area contributed by atoms with Crippen LogP contribution in [0.4, 0.5) is 9.59 Å². The Labute approximate surface area is 93.9 Å². The molecule has 16 heavy (non-hydrogen) atoms. The van der Waals surface area contributed by atoms with Crippen LogP contribution in [0, 0.1) is 0 Å². The van der Waals surface area contributed by atoms with Crippen molar-refractivity contribution in [2.24, 2.45) is 0 Å². The molecule has 2 saturated heterocycles. The summed E-state index contributed by atoms with van der Waals surface area (Å²) in [4.78, 5) is 24.2. The molecule has 1 N–H and O–H groups in total. The van der Waals surface area contributed by atoms with Gasteiger partial charge in [0.1, 0.15) is 11.7 Å². The molecule has 2 amide bonds. The number of amides is 2. The molecule has 2 aliphatic heterocycles. The van der Waals surface area contributed by atoms with Crippen LogP contribution in [0.3, 0.4) is 0 Å². The Balaban J connectivity index is 1.90. The minimum absolute atomic E-state index is 0.0972. The Morgan fingerprint density at radius 2 is 2.19 bits per heavy atom. The SMILES string of the molecule is CC(C)(C)OC(=O)N1C[C@@H]2NC(=O)O[C@H]2C1. The molecule has 2 fully saturated rings. The Kier molecular flexibility index (Phi) is 2.44. The van der Waals surface area contributed by atoms with Crippen molar-refractivity contribution in [2.45, 2.75) is 38.5 Å². The molecule has 2 heterocycles. The highest BCUT2D eigenvalue weighted by atomic mass is 16.6. The molecule has 0 aromatic rings. The van der Waals surface area contributed by atoms with Crippen molar-refractivity contribution >= 4 is 12.2 Å². The maximum absolute atomic E-state index is 11.7. The first kappa shape index (κ1) is 11.0. The fourth-order valence-corrected chi connectivity index (χ4v) is 1.83. The fourth-order valence-electron chi connectivity index (χ4n) is 1.83.